The van der Waals surface area contributed by atoms with Crippen molar-refractivity contribution in [3.05, 3.63) is 36.3 Å². The molecule has 1 N–H and O–H groups in total. The highest BCUT2D eigenvalue weighted by molar-refractivity contribution is 5.86. The number of fused-ring (bicyclic) bond motifs is 1. The molecular weight excluding hydrogens is 154 g/mol. The Kier molecular flexibility index (Phi) is 1.33. The molecule has 0 atom stereocenters. The molecule has 60 valence electrons. The fourth-order valence-corrected chi connectivity index (χ4v) is 1.10. The second-order valence-electron chi connectivity index (χ2n) is 2.40. The lowest BCUT2D eigenvalue weighted by Gasteiger charge is -2.05. The third-order valence-corrected chi connectivity index (χ3v) is 1.65. The lowest BCUT2D eigenvalue weighted by Crippen LogP contribution is -2.18. The predicted octanol–water partition coefficient (Wildman–Crippen LogP) is 0.0200. The van der Waals surface area contributed by atoms with Crippen molar-refractivity contribution in [3.63, 3.8) is 0 Å². The summed E-state index contributed by atoms with van der Waals surface area (Å²) in [5.41, 5.74) is 0.985. The topological polar surface area (TPSA) is 64.2 Å². The van der Waals surface area contributed by atoms with Crippen molar-refractivity contribution in [2.45, 2.75) is 0 Å². The zero-order valence-electron chi connectivity index (χ0n) is 6.19. The predicted molar refractivity (Wildman–Crippen MR) is 42.0 cm³/mol. The molecule has 0 aliphatic carbocycles. The minimum Gasteiger partial charge on any atom is -0.858 e. The molecule has 0 spiro atoms. The van der Waals surface area contributed by atoms with Crippen molar-refractivity contribution in [2.24, 2.45) is 0 Å². The summed E-state index contributed by atoms with van der Waals surface area (Å²) in [6, 6.07) is 5.41. The first-order valence-corrected chi connectivity index (χ1v) is 3.47. The van der Waals surface area contributed by atoms with E-state index in [-0.39, 0.29) is 0 Å². The van der Waals surface area contributed by atoms with E-state index >= 15 is 0 Å². The highest BCUT2D eigenvalue weighted by Crippen LogP contribution is 2.04. The Morgan fingerprint density at radius 2 is 2.33 bits per heavy atom. The molecule has 0 saturated carbocycles. The van der Waals surface area contributed by atoms with Crippen LogP contribution in [0.15, 0.2) is 30.6 Å². The Balaban J connectivity index is 2.79. The van der Waals surface area contributed by atoms with E-state index in [1.165, 1.54) is 6.20 Å². The Morgan fingerprint density at radius 3 is 3.08 bits per heavy atom. The van der Waals surface area contributed by atoms with Gasteiger partial charge in [0.05, 0.1) is 11.9 Å². The van der Waals surface area contributed by atoms with Gasteiger partial charge in [0, 0.05) is 12.1 Å². The van der Waals surface area contributed by atoms with E-state index in [4.69, 9.17) is 5.41 Å². The summed E-state index contributed by atoms with van der Waals surface area (Å²) in [5, 5.41) is 17.6. The van der Waals surface area contributed by atoms with Crippen LogP contribution in [0.4, 0.5) is 0 Å². The normalized spacial score (nSPS) is 10.3. The molecule has 4 nitrogen and oxygen atoms in total. The Hall–Kier alpha value is -1.84. The molecule has 0 radical (unpaired) electrons. The lowest BCUT2D eigenvalue weighted by atomic mass is 10.4. The molecule has 4 heteroatoms. The van der Waals surface area contributed by atoms with E-state index in [1.807, 2.05) is 6.07 Å². The third-order valence-electron chi connectivity index (χ3n) is 1.65. The van der Waals surface area contributed by atoms with Crippen LogP contribution < -0.4 is 5.11 Å². The fraction of sp³-hybridized carbons (Fsp3) is 0. The molecule has 0 aliphatic rings. The second kappa shape index (κ2) is 2.34. The number of hydrogen-bond donors (Lipinski definition) is 1. The van der Waals surface area contributed by atoms with Crippen LogP contribution in [0.3, 0.4) is 0 Å². The van der Waals surface area contributed by atoms with Crippen molar-refractivity contribution in [3.8, 4) is 0 Å². The van der Waals surface area contributed by atoms with Crippen molar-refractivity contribution in [2.75, 3.05) is 0 Å². The SMILES string of the molecule is N=C([O-])c1cnc2ccccn12. The molecule has 0 amide bonds. The highest BCUT2D eigenvalue weighted by Gasteiger charge is 1.99. The average molecular weight is 160 g/mol. The largest absolute Gasteiger partial charge is 0.858 e. The minimum atomic E-state index is -0.714. The van der Waals surface area contributed by atoms with Crippen LogP contribution in [-0.2, 0) is 0 Å². The quantitative estimate of drug-likeness (QED) is 0.472. The maximum atomic E-state index is 10.7. The van der Waals surface area contributed by atoms with Gasteiger partial charge in [-0.05, 0) is 12.1 Å². The smallest absolute Gasteiger partial charge is 0.137 e. The molecule has 2 heterocycles. The molecule has 0 aromatic carbocycles. The number of nitrogens with one attached hydrogen (secondary N) is 1. The molecule has 2 aromatic heterocycles. The van der Waals surface area contributed by atoms with Gasteiger partial charge in [0.1, 0.15) is 5.65 Å². The average Bonchev–Trinajstić information content (AvgIpc) is 2.47. The summed E-state index contributed by atoms with van der Waals surface area (Å²) in [4.78, 5) is 3.96. The van der Waals surface area contributed by atoms with Gasteiger partial charge >= 0.3 is 0 Å². The van der Waals surface area contributed by atoms with E-state index in [0.29, 0.717) is 11.3 Å². The van der Waals surface area contributed by atoms with E-state index in [1.54, 1.807) is 22.7 Å². The summed E-state index contributed by atoms with van der Waals surface area (Å²) < 4.78 is 1.59. The fourth-order valence-electron chi connectivity index (χ4n) is 1.10. The lowest BCUT2D eigenvalue weighted by molar-refractivity contribution is -0.215. The van der Waals surface area contributed by atoms with Crippen molar-refractivity contribution in [1.29, 1.82) is 5.41 Å². The van der Waals surface area contributed by atoms with E-state index in [0.717, 1.165) is 0 Å². The molecular formula is C8H6N3O-. The van der Waals surface area contributed by atoms with E-state index < -0.39 is 5.90 Å². The Labute approximate surface area is 68.6 Å². The van der Waals surface area contributed by atoms with E-state index in [9.17, 15) is 5.11 Å². The first-order valence-electron chi connectivity index (χ1n) is 3.47. The van der Waals surface area contributed by atoms with Crippen molar-refractivity contribution < 1.29 is 5.11 Å². The Bertz CT molecular complexity index is 433. The summed E-state index contributed by atoms with van der Waals surface area (Å²) in [6.07, 6.45) is 3.12. The van der Waals surface area contributed by atoms with Crippen LogP contribution in [0, 0.1) is 5.41 Å². The monoisotopic (exact) mass is 160 g/mol. The van der Waals surface area contributed by atoms with Crippen LogP contribution >= 0.6 is 0 Å². The van der Waals surface area contributed by atoms with Crippen molar-refractivity contribution >= 4 is 11.5 Å². The van der Waals surface area contributed by atoms with Crippen LogP contribution in [0.2, 0.25) is 0 Å². The first kappa shape index (κ1) is 6.84. The highest BCUT2D eigenvalue weighted by atomic mass is 16.3. The number of nitrogens with zero attached hydrogens (tertiary/aromatic N) is 2. The first-order chi connectivity index (χ1) is 5.79. The van der Waals surface area contributed by atoms with Crippen LogP contribution in [-0.4, -0.2) is 15.3 Å². The van der Waals surface area contributed by atoms with E-state index in [2.05, 4.69) is 4.98 Å². The van der Waals surface area contributed by atoms with Gasteiger partial charge in [0.2, 0.25) is 0 Å². The van der Waals surface area contributed by atoms with Gasteiger partial charge in [-0.15, -0.1) is 0 Å². The third kappa shape index (κ3) is 0.852. The number of hydrogen-bond acceptors (Lipinski definition) is 3. The van der Waals surface area contributed by atoms with Crippen LogP contribution in [0.1, 0.15) is 5.69 Å². The van der Waals surface area contributed by atoms with Gasteiger partial charge in [-0.1, -0.05) is 6.07 Å². The number of imidazole rings is 1. The molecule has 0 unspecified atom stereocenters. The van der Waals surface area contributed by atoms with Crippen LogP contribution in [0.25, 0.3) is 5.65 Å². The number of aromatic nitrogens is 2. The maximum Gasteiger partial charge on any atom is 0.137 e. The van der Waals surface area contributed by atoms with Gasteiger partial charge in [0.25, 0.3) is 0 Å². The number of pyridine rings is 1. The molecule has 0 aliphatic heterocycles. The molecule has 0 fully saturated rings. The molecule has 0 saturated heterocycles. The summed E-state index contributed by atoms with van der Waals surface area (Å²) in [6.45, 7) is 0. The minimum absolute atomic E-state index is 0.297. The molecule has 12 heavy (non-hydrogen) atoms. The molecule has 0 bridgehead atoms. The standard InChI is InChI=1S/C8H7N3O/c9-8(12)6-5-10-7-3-1-2-4-11(6)7/h1-5H,(H2,9,12)/p-1. The molecule has 2 rings (SSSR count). The van der Waals surface area contributed by atoms with Gasteiger partial charge in [-0.2, -0.15) is 0 Å². The zero-order valence-corrected chi connectivity index (χ0v) is 6.19. The van der Waals surface area contributed by atoms with Crippen LogP contribution in [0.5, 0.6) is 0 Å². The zero-order chi connectivity index (χ0) is 8.55. The van der Waals surface area contributed by atoms with Gasteiger partial charge < -0.3 is 10.5 Å². The number of rotatable bonds is 1. The Morgan fingerprint density at radius 1 is 1.50 bits per heavy atom. The van der Waals surface area contributed by atoms with Gasteiger partial charge in [-0.3, -0.25) is 4.40 Å². The van der Waals surface area contributed by atoms with Crippen molar-refractivity contribution in [1.82, 2.24) is 9.38 Å². The summed E-state index contributed by atoms with van der Waals surface area (Å²) >= 11 is 0. The summed E-state index contributed by atoms with van der Waals surface area (Å²) in [5.74, 6) is -0.714. The maximum absolute atomic E-state index is 10.7. The summed E-state index contributed by atoms with van der Waals surface area (Å²) in [7, 11) is 0. The second-order valence-corrected chi connectivity index (χ2v) is 2.40. The van der Waals surface area contributed by atoms with Gasteiger partial charge in [-0.25, -0.2) is 4.98 Å². The molecule has 2 aromatic rings. The van der Waals surface area contributed by atoms with Gasteiger partial charge in [0.15, 0.2) is 0 Å².